The second kappa shape index (κ2) is 11.9. The highest BCUT2D eigenvalue weighted by atomic mass is 127. The Morgan fingerprint density at radius 1 is 0.811 bits per heavy atom. The molecule has 184 valence electrons. The van der Waals surface area contributed by atoms with Gasteiger partial charge in [-0.25, -0.2) is 5.43 Å². The summed E-state index contributed by atoms with van der Waals surface area (Å²) in [6, 6.07) is 32.6. The van der Waals surface area contributed by atoms with E-state index in [4.69, 9.17) is 4.74 Å². The lowest BCUT2D eigenvalue weighted by Crippen LogP contribution is -2.25. The molecule has 5 aromatic rings. The number of halogens is 2. The van der Waals surface area contributed by atoms with Gasteiger partial charge in [0.15, 0.2) is 0 Å². The highest BCUT2D eigenvalue weighted by molar-refractivity contribution is 14.1. The molecule has 5 aromatic carbocycles. The Morgan fingerprint density at radius 2 is 1.43 bits per heavy atom. The van der Waals surface area contributed by atoms with Crippen LogP contribution in [-0.2, 0) is 11.4 Å². The van der Waals surface area contributed by atoms with Crippen LogP contribution < -0.4 is 15.5 Å². The standard InChI is InChI=1S/C30H23I2N3O2/c31-26-15-20(16-27(32)30(26)37-19-23-11-5-9-21-7-1-3-12-24(21)23)17-34-35-29(36)18-33-28-14-6-10-22-8-2-4-13-25(22)28/h1-17,33H,18-19H2,(H,35,36)/b34-17-. The number of nitrogens with one attached hydrogen (secondary N) is 2. The lowest BCUT2D eigenvalue weighted by Gasteiger charge is -2.13. The molecule has 5 nitrogen and oxygen atoms in total. The van der Waals surface area contributed by atoms with Crippen molar-refractivity contribution in [1.82, 2.24) is 5.43 Å². The Kier molecular flexibility index (Phi) is 8.20. The van der Waals surface area contributed by atoms with Crippen LogP contribution in [0.4, 0.5) is 5.69 Å². The monoisotopic (exact) mass is 711 g/mol. The fourth-order valence-corrected chi connectivity index (χ4v) is 6.26. The van der Waals surface area contributed by atoms with Gasteiger partial charge in [0, 0.05) is 11.1 Å². The van der Waals surface area contributed by atoms with Crippen LogP contribution in [-0.4, -0.2) is 18.7 Å². The molecule has 0 aliphatic rings. The number of hydrogen-bond acceptors (Lipinski definition) is 4. The second-order valence-corrected chi connectivity index (χ2v) is 10.7. The number of ether oxygens (including phenoxy) is 1. The average molecular weight is 711 g/mol. The van der Waals surface area contributed by atoms with Crippen molar-refractivity contribution < 1.29 is 9.53 Å². The number of anilines is 1. The average Bonchev–Trinajstić information content (AvgIpc) is 2.91. The topological polar surface area (TPSA) is 62.7 Å². The minimum absolute atomic E-state index is 0.126. The lowest BCUT2D eigenvalue weighted by atomic mass is 10.1. The van der Waals surface area contributed by atoms with E-state index in [1.807, 2.05) is 66.7 Å². The highest BCUT2D eigenvalue weighted by Gasteiger charge is 2.10. The van der Waals surface area contributed by atoms with Crippen molar-refractivity contribution in [2.75, 3.05) is 11.9 Å². The van der Waals surface area contributed by atoms with Crippen molar-refractivity contribution in [3.8, 4) is 5.75 Å². The van der Waals surface area contributed by atoms with Gasteiger partial charge in [0.25, 0.3) is 5.91 Å². The van der Waals surface area contributed by atoms with Crippen molar-refractivity contribution >= 4 is 84.5 Å². The van der Waals surface area contributed by atoms with Crippen molar-refractivity contribution in [2.45, 2.75) is 6.61 Å². The molecule has 0 radical (unpaired) electrons. The number of amides is 1. The van der Waals surface area contributed by atoms with Gasteiger partial charge in [0.2, 0.25) is 0 Å². The predicted molar refractivity (Wildman–Crippen MR) is 168 cm³/mol. The summed E-state index contributed by atoms with van der Waals surface area (Å²) in [5.41, 5.74) is 5.55. The first-order valence-electron chi connectivity index (χ1n) is 11.7. The number of hydrazone groups is 1. The summed E-state index contributed by atoms with van der Waals surface area (Å²) in [7, 11) is 0. The zero-order valence-electron chi connectivity index (χ0n) is 19.7. The van der Waals surface area contributed by atoms with E-state index in [2.05, 4.69) is 91.4 Å². The fraction of sp³-hybridized carbons (Fsp3) is 0.0667. The van der Waals surface area contributed by atoms with Gasteiger partial charge in [-0.1, -0.05) is 78.9 Å². The van der Waals surface area contributed by atoms with E-state index < -0.39 is 0 Å². The smallest absolute Gasteiger partial charge is 0.259 e. The minimum Gasteiger partial charge on any atom is -0.487 e. The number of benzene rings is 5. The first-order valence-corrected chi connectivity index (χ1v) is 13.9. The number of carbonyl (C=O) groups is 1. The molecule has 0 heterocycles. The highest BCUT2D eigenvalue weighted by Crippen LogP contribution is 2.30. The summed E-state index contributed by atoms with van der Waals surface area (Å²) in [5.74, 6) is 0.623. The van der Waals surface area contributed by atoms with Gasteiger partial charge in [-0.3, -0.25) is 4.79 Å². The zero-order chi connectivity index (χ0) is 25.6. The molecule has 1 amide bonds. The van der Waals surface area contributed by atoms with Crippen LogP contribution in [0.3, 0.4) is 0 Å². The van der Waals surface area contributed by atoms with Crippen molar-refractivity contribution in [3.05, 3.63) is 115 Å². The largest absolute Gasteiger partial charge is 0.487 e. The number of carbonyl (C=O) groups excluding carboxylic acids is 1. The molecule has 0 unspecified atom stereocenters. The third-order valence-electron chi connectivity index (χ3n) is 5.90. The quantitative estimate of drug-likeness (QED) is 0.101. The Hall–Kier alpha value is -3.18. The predicted octanol–water partition coefficient (Wildman–Crippen LogP) is 7.34. The van der Waals surface area contributed by atoms with E-state index in [-0.39, 0.29) is 12.5 Å². The maximum absolute atomic E-state index is 12.3. The number of fused-ring (bicyclic) bond motifs is 2. The Balaban J connectivity index is 1.19. The Labute approximate surface area is 242 Å². The third kappa shape index (κ3) is 6.22. The van der Waals surface area contributed by atoms with Crippen LogP contribution in [0, 0.1) is 7.14 Å². The number of rotatable bonds is 8. The molecule has 0 saturated heterocycles. The zero-order valence-corrected chi connectivity index (χ0v) is 24.1. The molecule has 0 spiro atoms. The van der Waals surface area contributed by atoms with E-state index in [1.165, 1.54) is 10.8 Å². The Morgan fingerprint density at radius 3 is 2.19 bits per heavy atom. The SMILES string of the molecule is O=C(CNc1cccc2ccccc12)N/N=C\c1cc(I)c(OCc2cccc3ccccc23)c(I)c1. The molecule has 2 N–H and O–H groups in total. The second-order valence-electron chi connectivity index (χ2n) is 8.41. The van der Waals surface area contributed by atoms with Crippen LogP contribution in [0.1, 0.15) is 11.1 Å². The van der Waals surface area contributed by atoms with Crippen molar-refractivity contribution in [1.29, 1.82) is 0 Å². The molecule has 0 fully saturated rings. The molecular weight excluding hydrogens is 688 g/mol. The first kappa shape index (κ1) is 25.5. The number of hydrogen-bond donors (Lipinski definition) is 2. The summed E-state index contributed by atoms with van der Waals surface area (Å²) < 4.78 is 8.19. The van der Waals surface area contributed by atoms with Gasteiger partial charge >= 0.3 is 0 Å². The van der Waals surface area contributed by atoms with Gasteiger partial charge in [-0.2, -0.15) is 5.10 Å². The van der Waals surface area contributed by atoms with E-state index in [0.717, 1.165) is 40.5 Å². The molecule has 5 rings (SSSR count). The van der Waals surface area contributed by atoms with Gasteiger partial charge < -0.3 is 10.1 Å². The molecular formula is C30H23I2N3O2. The molecule has 0 aliphatic heterocycles. The van der Waals surface area contributed by atoms with Crippen LogP contribution in [0.5, 0.6) is 5.75 Å². The van der Waals surface area contributed by atoms with E-state index >= 15 is 0 Å². The van der Waals surface area contributed by atoms with Crippen molar-refractivity contribution in [3.63, 3.8) is 0 Å². The van der Waals surface area contributed by atoms with E-state index in [9.17, 15) is 4.79 Å². The molecule has 37 heavy (non-hydrogen) atoms. The van der Waals surface area contributed by atoms with E-state index in [1.54, 1.807) is 6.21 Å². The van der Waals surface area contributed by atoms with Crippen LogP contribution >= 0.6 is 45.2 Å². The van der Waals surface area contributed by atoms with Crippen LogP contribution in [0.25, 0.3) is 21.5 Å². The van der Waals surface area contributed by atoms with Gasteiger partial charge in [0.1, 0.15) is 12.4 Å². The van der Waals surface area contributed by atoms with Gasteiger partial charge in [0.05, 0.1) is 19.9 Å². The van der Waals surface area contributed by atoms with Crippen LogP contribution in [0.2, 0.25) is 0 Å². The summed E-state index contributed by atoms with van der Waals surface area (Å²) in [5, 5.41) is 11.9. The summed E-state index contributed by atoms with van der Waals surface area (Å²) in [4.78, 5) is 12.3. The molecule has 0 aromatic heterocycles. The maximum Gasteiger partial charge on any atom is 0.259 e. The van der Waals surface area contributed by atoms with Crippen molar-refractivity contribution in [2.24, 2.45) is 5.10 Å². The third-order valence-corrected chi connectivity index (χ3v) is 7.51. The molecule has 0 aliphatic carbocycles. The maximum atomic E-state index is 12.3. The molecule has 0 atom stereocenters. The molecule has 0 bridgehead atoms. The van der Waals surface area contributed by atoms with Gasteiger partial charge in [-0.15, -0.1) is 0 Å². The summed E-state index contributed by atoms with van der Waals surface area (Å²) in [6.07, 6.45) is 1.65. The molecule has 7 heteroatoms. The minimum atomic E-state index is -0.219. The first-order chi connectivity index (χ1) is 18.1. The summed E-state index contributed by atoms with van der Waals surface area (Å²) >= 11 is 4.55. The normalized spacial score (nSPS) is 11.2. The fourth-order valence-electron chi connectivity index (χ4n) is 4.13. The molecule has 0 saturated carbocycles. The summed E-state index contributed by atoms with van der Waals surface area (Å²) in [6.45, 7) is 0.613. The lowest BCUT2D eigenvalue weighted by molar-refractivity contribution is -0.119. The Bertz CT molecular complexity index is 1580. The van der Waals surface area contributed by atoms with E-state index in [0.29, 0.717) is 6.61 Å². The van der Waals surface area contributed by atoms with Gasteiger partial charge in [-0.05, 0) is 90.7 Å². The van der Waals surface area contributed by atoms with Crippen LogP contribution in [0.15, 0.2) is 102 Å². The number of nitrogens with zero attached hydrogens (tertiary/aromatic N) is 1.